The van der Waals surface area contributed by atoms with E-state index in [0.29, 0.717) is 23.1 Å². The number of anilines is 2. The summed E-state index contributed by atoms with van der Waals surface area (Å²) >= 11 is 6.12. The van der Waals surface area contributed by atoms with Crippen molar-refractivity contribution in [2.75, 3.05) is 33.1 Å². The van der Waals surface area contributed by atoms with E-state index < -0.39 is 6.16 Å². The number of hydrogen-bond donors (Lipinski definition) is 1. The topological polar surface area (TPSA) is 81.5 Å². The first-order valence-corrected chi connectivity index (χ1v) is 7.65. The molecule has 0 saturated heterocycles. The van der Waals surface area contributed by atoms with Gasteiger partial charge >= 0.3 is 6.16 Å². The molecule has 8 nitrogen and oxygen atoms in total. The van der Waals surface area contributed by atoms with Crippen LogP contribution < -0.4 is 10.1 Å². The fourth-order valence-corrected chi connectivity index (χ4v) is 1.98. The third-order valence-electron chi connectivity index (χ3n) is 3.15. The second-order valence-corrected chi connectivity index (χ2v) is 5.81. The molecule has 0 spiro atoms. The number of hydrogen-bond acceptors (Lipinski definition) is 7. The van der Waals surface area contributed by atoms with Crippen LogP contribution >= 0.6 is 11.6 Å². The molecule has 0 fully saturated rings. The fraction of sp³-hybridized carbons (Fsp3) is 0.400. The molecule has 0 aliphatic carbocycles. The van der Waals surface area contributed by atoms with Crippen LogP contribution in [-0.4, -0.2) is 53.8 Å². The summed E-state index contributed by atoms with van der Waals surface area (Å²) in [4.78, 5) is 14.8. The van der Waals surface area contributed by atoms with Crippen LogP contribution in [0.1, 0.15) is 5.56 Å². The summed E-state index contributed by atoms with van der Waals surface area (Å²) in [6, 6.07) is 5.49. The van der Waals surface area contributed by atoms with Gasteiger partial charge in [0.05, 0.1) is 13.7 Å². The molecule has 2 rings (SSSR count). The van der Waals surface area contributed by atoms with Crippen LogP contribution in [0.15, 0.2) is 18.2 Å². The van der Waals surface area contributed by atoms with Crippen molar-refractivity contribution >= 4 is 29.3 Å². The van der Waals surface area contributed by atoms with E-state index in [1.54, 1.807) is 6.07 Å². The highest BCUT2D eigenvalue weighted by Gasteiger charge is 2.17. The molecule has 9 heteroatoms. The molecule has 1 aromatic heterocycles. The predicted octanol–water partition coefficient (Wildman–Crippen LogP) is 2.69. The standard InChI is InChI=1S/C15H20ClN5O3/c1-10-5-6-11(9-12(10)16)17-13-14(24-15(22)23-4)19-21(18-13)8-7-20(2)3/h5-6,9H,7-8H2,1-4H3,(H,17,18). The van der Waals surface area contributed by atoms with Crippen LogP contribution in [0, 0.1) is 6.92 Å². The number of aromatic nitrogens is 3. The lowest BCUT2D eigenvalue weighted by molar-refractivity contribution is 0.119. The summed E-state index contributed by atoms with van der Waals surface area (Å²) in [7, 11) is 5.12. The van der Waals surface area contributed by atoms with Gasteiger partial charge in [0.15, 0.2) is 0 Å². The number of aryl methyl sites for hydroxylation is 1. The molecule has 0 radical (unpaired) electrons. The number of likely N-dealkylation sites (N-methyl/N-ethyl adjacent to an activating group) is 1. The van der Waals surface area contributed by atoms with E-state index >= 15 is 0 Å². The molecule has 1 heterocycles. The van der Waals surface area contributed by atoms with Gasteiger partial charge in [-0.3, -0.25) is 0 Å². The van der Waals surface area contributed by atoms with Crippen molar-refractivity contribution in [3.63, 3.8) is 0 Å². The molecule has 0 aliphatic heterocycles. The Morgan fingerprint density at radius 1 is 1.38 bits per heavy atom. The molecule has 24 heavy (non-hydrogen) atoms. The average Bonchev–Trinajstić information content (AvgIpc) is 2.90. The zero-order valence-corrected chi connectivity index (χ0v) is 14.8. The van der Waals surface area contributed by atoms with Crippen molar-refractivity contribution in [3.05, 3.63) is 28.8 Å². The summed E-state index contributed by atoms with van der Waals surface area (Å²) in [5.41, 5.74) is 1.67. The number of ether oxygens (including phenoxy) is 2. The van der Waals surface area contributed by atoms with Gasteiger partial charge in [0.25, 0.3) is 5.88 Å². The maximum atomic E-state index is 11.4. The Balaban J connectivity index is 2.23. The lowest BCUT2D eigenvalue weighted by atomic mass is 10.2. The SMILES string of the molecule is COC(=O)Oc1nn(CCN(C)C)nc1Nc1ccc(C)c(Cl)c1. The normalized spacial score (nSPS) is 10.8. The molecule has 0 aliphatic rings. The summed E-state index contributed by atoms with van der Waals surface area (Å²) in [6.07, 6.45) is -0.861. The maximum absolute atomic E-state index is 11.4. The minimum Gasteiger partial charge on any atom is -0.437 e. The van der Waals surface area contributed by atoms with Crippen LogP contribution in [0.4, 0.5) is 16.3 Å². The Bertz CT molecular complexity index is 717. The van der Waals surface area contributed by atoms with Crippen molar-refractivity contribution in [2.24, 2.45) is 0 Å². The average molecular weight is 354 g/mol. The summed E-state index contributed by atoms with van der Waals surface area (Å²) in [6.45, 7) is 3.19. The summed E-state index contributed by atoms with van der Waals surface area (Å²) in [5.74, 6) is 0.344. The number of nitrogens with zero attached hydrogens (tertiary/aromatic N) is 4. The third kappa shape index (κ3) is 4.84. The zero-order chi connectivity index (χ0) is 17.7. The molecule has 2 aromatic rings. The van der Waals surface area contributed by atoms with Gasteiger partial charge in [-0.05, 0) is 38.7 Å². The van der Waals surface area contributed by atoms with Gasteiger partial charge < -0.3 is 19.7 Å². The first kappa shape index (κ1) is 18.0. The molecule has 0 bridgehead atoms. The highest BCUT2D eigenvalue weighted by Crippen LogP contribution is 2.27. The number of benzene rings is 1. The molecule has 1 N–H and O–H groups in total. The zero-order valence-electron chi connectivity index (χ0n) is 14.0. The lowest BCUT2D eigenvalue weighted by Gasteiger charge is -2.07. The Morgan fingerprint density at radius 2 is 2.12 bits per heavy atom. The van der Waals surface area contributed by atoms with Gasteiger partial charge in [0.1, 0.15) is 0 Å². The molecule has 1 aromatic carbocycles. The third-order valence-corrected chi connectivity index (χ3v) is 3.56. The fourth-order valence-electron chi connectivity index (χ4n) is 1.80. The van der Waals surface area contributed by atoms with E-state index in [4.69, 9.17) is 16.3 Å². The number of rotatable bonds is 6. The van der Waals surface area contributed by atoms with E-state index in [9.17, 15) is 4.79 Å². The van der Waals surface area contributed by atoms with Crippen LogP contribution in [0.2, 0.25) is 5.02 Å². The Hall–Kier alpha value is -2.32. The molecule has 0 atom stereocenters. The van der Waals surface area contributed by atoms with Gasteiger partial charge in [0, 0.05) is 17.3 Å². The first-order valence-electron chi connectivity index (χ1n) is 7.28. The van der Waals surface area contributed by atoms with Crippen LogP contribution in [0.25, 0.3) is 0 Å². The van der Waals surface area contributed by atoms with Gasteiger partial charge in [-0.1, -0.05) is 17.7 Å². The smallest absolute Gasteiger partial charge is 0.437 e. The molecule has 0 saturated carbocycles. The second kappa shape index (κ2) is 7.98. The van der Waals surface area contributed by atoms with Crippen molar-refractivity contribution < 1.29 is 14.3 Å². The number of nitrogens with one attached hydrogen (secondary N) is 1. The molecule has 0 amide bonds. The highest BCUT2D eigenvalue weighted by molar-refractivity contribution is 6.31. The predicted molar refractivity (Wildman–Crippen MR) is 91.1 cm³/mol. The lowest BCUT2D eigenvalue weighted by Crippen LogP contribution is -2.19. The largest absolute Gasteiger partial charge is 0.515 e. The van der Waals surface area contributed by atoms with E-state index in [1.165, 1.54) is 11.9 Å². The van der Waals surface area contributed by atoms with E-state index in [-0.39, 0.29) is 5.88 Å². The van der Waals surface area contributed by atoms with Crippen molar-refractivity contribution in [2.45, 2.75) is 13.5 Å². The number of methoxy groups -OCH3 is 1. The van der Waals surface area contributed by atoms with Crippen molar-refractivity contribution in [3.8, 4) is 5.88 Å². The minimum atomic E-state index is -0.861. The number of carbonyl (C=O) groups excluding carboxylic acids is 1. The van der Waals surface area contributed by atoms with Crippen LogP contribution in [0.5, 0.6) is 5.88 Å². The van der Waals surface area contributed by atoms with Crippen LogP contribution in [-0.2, 0) is 11.3 Å². The Labute approximate surface area is 145 Å². The first-order chi connectivity index (χ1) is 11.4. The monoisotopic (exact) mass is 353 g/mol. The molecule has 0 unspecified atom stereocenters. The number of halogens is 1. The van der Waals surface area contributed by atoms with E-state index in [1.807, 2.05) is 38.1 Å². The maximum Gasteiger partial charge on any atom is 0.515 e. The summed E-state index contributed by atoms with van der Waals surface area (Å²) < 4.78 is 9.55. The van der Waals surface area contributed by atoms with Crippen molar-refractivity contribution in [1.29, 1.82) is 0 Å². The molecular formula is C15H20ClN5O3. The number of carbonyl (C=O) groups is 1. The minimum absolute atomic E-state index is 0.0392. The second-order valence-electron chi connectivity index (χ2n) is 5.40. The summed E-state index contributed by atoms with van der Waals surface area (Å²) in [5, 5.41) is 12.1. The van der Waals surface area contributed by atoms with Gasteiger partial charge in [-0.15, -0.1) is 10.2 Å². The van der Waals surface area contributed by atoms with Gasteiger partial charge in [-0.2, -0.15) is 4.80 Å². The van der Waals surface area contributed by atoms with Crippen molar-refractivity contribution in [1.82, 2.24) is 19.9 Å². The Morgan fingerprint density at radius 3 is 2.75 bits per heavy atom. The molecule has 130 valence electrons. The highest BCUT2D eigenvalue weighted by atomic mass is 35.5. The Kier molecular flexibility index (Phi) is 5.99. The van der Waals surface area contributed by atoms with Gasteiger partial charge in [-0.25, -0.2) is 4.79 Å². The quantitative estimate of drug-likeness (QED) is 0.799. The van der Waals surface area contributed by atoms with Crippen LogP contribution in [0.3, 0.4) is 0 Å². The molecular weight excluding hydrogens is 334 g/mol. The van der Waals surface area contributed by atoms with Gasteiger partial charge in [0.2, 0.25) is 5.82 Å². The van der Waals surface area contributed by atoms with E-state index in [2.05, 4.69) is 20.3 Å². The van der Waals surface area contributed by atoms with E-state index in [0.717, 1.165) is 12.1 Å².